The number of nitrogens with two attached hydrogens (primary N) is 1. The topological polar surface area (TPSA) is 86.2 Å². The Morgan fingerprint density at radius 2 is 1.91 bits per heavy atom. The summed E-state index contributed by atoms with van der Waals surface area (Å²) in [5, 5.41) is 9.26. The number of hydrogen-bond donors (Lipinski definition) is 1. The van der Waals surface area contributed by atoms with E-state index in [0.717, 1.165) is 41.0 Å². The van der Waals surface area contributed by atoms with Crippen LogP contribution in [-0.2, 0) is 16.4 Å². The predicted molar refractivity (Wildman–Crippen MR) is 86.6 cm³/mol. The Morgan fingerprint density at radius 1 is 1.27 bits per heavy atom. The van der Waals surface area contributed by atoms with Crippen LogP contribution in [0.15, 0.2) is 39.8 Å². The van der Waals surface area contributed by atoms with Gasteiger partial charge >= 0.3 is 0 Å². The van der Waals surface area contributed by atoms with Crippen molar-refractivity contribution in [3.8, 4) is 11.1 Å². The Kier molecular flexibility index (Phi) is 4.83. The maximum atomic E-state index is 11.4. The van der Waals surface area contributed by atoms with Gasteiger partial charge in [0.05, 0.1) is 16.2 Å². The first-order valence-electron chi connectivity index (χ1n) is 7.17. The van der Waals surface area contributed by atoms with Gasteiger partial charge in [-0.2, -0.15) is 0 Å². The highest BCUT2D eigenvalue weighted by Gasteiger charge is 2.18. The molecule has 0 saturated carbocycles. The summed E-state index contributed by atoms with van der Waals surface area (Å²) in [5.74, 6) is 0.724. The van der Waals surface area contributed by atoms with E-state index >= 15 is 0 Å². The third kappa shape index (κ3) is 3.28. The molecule has 1 aromatic heterocycles. The van der Waals surface area contributed by atoms with Gasteiger partial charge in [-0.25, -0.2) is 13.6 Å². The molecule has 6 heteroatoms. The van der Waals surface area contributed by atoms with Crippen molar-refractivity contribution in [1.29, 1.82) is 0 Å². The molecule has 2 aromatic rings. The molecule has 2 N–H and O–H groups in total. The summed E-state index contributed by atoms with van der Waals surface area (Å²) >= 11 is 0. The lowest BCUT2D eigenvalue weighted by molar-refractivity contribution is 0.403. The minimum absolute atomic E-state index is 0.0909. The third-order valence-electron chi connectivity index (χ3n) is 3.44. The van der Waals surface area contributed by atoms with Crippen molar-refractivity contribution in [3.05, 3.63) is 41.8 Å². The summed E-state index contributed by atoms with van der Waals surface area (Å²) < 4.78 is 28.2. The zero-order chi connectivity index (χ0) is 16.3. The highest BCUT2D eigenvalue weighted by Crippen LogP contribution is 2.33. The van der Waals surface area contributed by atoms with Gasteiger partial charge < -0.3 is 4.52 Å². The number of aromatic nitrogens is 1. The maximum Gasteiger partial charge on any atom is 0.238 e. The molecule has 22 heavy (non-hydrogen) atoms. The summed E-state index contributed by atoms with van der Waals surface area (Å²) in [6, 6.07) is 6.46. The summed E-state index contributed by atoms with van der Waals surface area (Å²) in [5.41, 5.74) is 3.64. The van der Waals surface area contributed by atoms with Gasteiger partial charge in [-0.3, -0.25) is 0 Å². The number of benzene rings is 1. The molecule has 2 rings (SSSR count). The van der Waals surface area contributed by atoms with Crippen LogP contribution in [0.3, 0.4) is 0 Å². The zero-order valence-electron chi connectivity index (χ0n) is 13.0. The van der Waals surface area contributed by atoms with Gasteiger partial charge in [-0.05, 0) is 43.0 Å². The Morgan fingerprint density at radius 3 is 2.41 bits per heavy atom. The number of primary sulfonamides is 1. The normalized spacial score (nSPS) is 12.6. The molecule has 0 amide bonds. The molecule has 0 saturated heterocycles. The molecule has 0 unspecified atom stereocenters. The van der Waals surface area contributed by atoms with Crippen molar-refractivity contribution < 1.29 is 12.9 Å². The van der Waals surface area contributed by atoms with E-state index in [1.165, 1.54) is 12.1 Å². The summed E-state index contributed by atoms with van der Waals surface area (Å²) in [4.78, 5) is 0.0909. The molecule has 1 aromatic carbocycles. The monoisotopic (exact) mass is 320 g/mol. The largest absolute Gasteiger partial charge is 0.356 e. The van der Waals surface area contributed by atoms with Crippen LogP contribution in [0.25, 0.3) is 16.7 Å². The first-order chi connectivity index (χ1) is 10.4. The molecule has 0 aliphatic heterocycles. The van der Waals surface area contributed by atoms with Crippen LogP contribution in [0.1, 0.15) is 38.6 Å². The molecule has 0 radical (unpaired) electrons. The lowest BCUT2D eigenvalue weighted by Gasteiger charge is -2.05. The molecular formula is C16H20N2O3S. The van der Waals surface area contributed by atoms with Gasteiger partial charge in [-0.1, -0.05) is 37.2 Å². The van der Waals surface area contributed by atoms with Gasteiger partial charge in [0.25, 0.3) is 0 Å². The van der Waals surface area contributed by atoms with Crippen LogP contribution in [0.4, 0.5) is 0 Å². The average Bonchev–Trinajstić information content (AvgIpc) is 2.90. The van der Waals surface area contributed by atoms with Crippen molar-refractivity contribution in [2.24, 2.45) is 5.14 Å². The number of allylic oxidation sites excluding steroid dienone is 2. The average molecular weight is 320 g/mol. The Labute approximate surface area is 130 Å². The fourth-order valence-corrected chi connectivity index (χ4v) is 2.86. The summed E-state index contributed by atoms with van der Waals surface area (Å²) in [6.07, 6.45) is 3.70. The Balaban J connectivity index is 2.56. The SMILES string of the molecule is CC/C=C(\C)c1onc(CC)c1-c1ccc(S(N)(=O)=O)cc1. The number of hydrogen-bond acceptors (Lipinski definition) is 4. The first kappa shape index (κ1) is 16.5. The number of nitrogens with zero attached hydrogens (tertiary/aromatic N) is 1. The summed E-state index contributed by atoms with van der Waals surface area (Å²) in [7, 11) is -3.69. The van der Waals surface area contributed by atoms with Crippen LogP contribution in [-0.4, -0.2) is 13.6 Å². The molecule has 0 atom stereocenters. The minimum atomic E-state index is -3.69. The van der Waals surface area contributed by atoms with E-state index in [1.54, 1.807) is 12.1 Å². The van der Waals surface area contributed by atoms with Crippen molar-refractivity contribution in [2.75, 3.05) is 0 Å². The van der Waals surface area contributed by atoms with Gasteiger partial charge in [0, 0.05) is 0 Å². The van der Waals surface area contributed by atoms with Gasteiger partial charge in [0.1, 0.15) is 0 Å². The lowest BCUT2D eigenvalue weighted by atomic mass is 9.99. The highest BCUT2D eigenvalue weighted by atomic mass is 32.2. The van der Waals surface area contributed by atoms with Crippen molar-refractivity contribution in [1.82, 2.24) is 5.16 Å². The Hall–Kier alpha value is -1.92. The third-order valence-corrected chi connectivity index (χ3v) is 4.37. The van der Waals surface area contributed by atoms with Crippen molar-refractivity contribution in [3.63, 3.8) is 0 Å². The maximum absolute atomic E-state index is 11.4. The van der Waals surface area contributed by atoms with Crippen LogP contribution in [0.5, 0.6) is 0 Å². The quantitative estimate of drug-likeness (QED) is 0.915. The number of rotatable bonds is 5. The molecule has 1 heterocycles. The fraction of sp³-hybridized carbons (Fsp3) is 0.312. The smallest absolute Gasteiger partial charge is 0.238 e. The van der Waals surface area contributed by atoms with Crippen molar-refractivity contribution in [2.45, 2.75) is 38.5 Å². The van der Waals surface area contributed by atoms with Gasteiger partial charge in [0.15, 0.2) is 5.76 Å². The molecule has 5 nitrogen and oxygen atoms in total. The standard InChI is InChI=1S/C16H20N2O3S/c1-4-6-11(3)16-15(14(5-2)18-21-16)12-7-9-13(10-8-12)22(17,19)20/h6-10H,4-5H2,1-3H3,(H2,17,19,20)/b11-6+. The second kappa shape index (κ2) is 6.46. The van der Waals surface area contributed by atoms with Gasteiger partial charge in [-0.15, -0.1) is 0 Å². The second-order valence-corrected chi connectivity index (χ2v) is 6.61. The van der Waals surface area contributed by atoms with E-state index in [-0.39, 0.29) is 4.90 Å². The van der Waals surface area contributed by atoms with E-state index in [9.17, 15) is 8.42 Å². The van der Waals surface area contributed by atoms with Crippen LogP contribution < -0.4 is 5.14 Å². The molecule has 0 aliphatic rings. The fourth-order valence-electron chi connectivity index (χ4n) is 2.34. The van der Waals surface area contributed by atoms with E-state index in [2.05, 4.69) is 18.2 Å². The van der Waals surface area contributed by atoms with E-state index in [4.69, 9.17) is 9.66 Å². The van der Waals surface area contributed by atoms with E-state index < -0.39 is 10.0 Å². The molecule has 0 bridgehead atoms. The molecule has 0 spiro atoms. The first-order valence-corrected chi connectivity index (χ1v) is 8.72. The highest BCUT2D eigenvalue weighted by molar-refractivity contribution is 7.89. The Bertz CT molecular complexity index is 787. The minimum Gasteiger partial charge on any atom is -0.356 e. The van der Waals surface area contributed by atoms with E-state index in [1.807, 2.05) is 13.8 Å². The number of aryl methyl sites for hydroxylation is 1. The zero-order valence-corrected chi connectivity index (χ0v) is 13.8. The van der Waals surface area contributed by atoms with Crippen molar-refractivity contribution >= 4 is 15.6 Å². The molecular weight excluding hydrogens is 300 g/mol. The van der Waals surface area contributed by atoms with Gasteiger partial charge in [0.2, 0.25) is 10.0 Å². The van der Waals surface area contributed by atoms with E-state index in [0.29, 0.717) is 0 Å². The summed E-state index contributed by atoms with van der Waals surface area (Å²) in [6.45, 7) is 6.04. The lowest BCUT2D eigenvalue weighted by Crippen LogP contribution is -2.11. The molecule has 0 fully saturated rings. The molecule has 0 aliphatic carbocycles. The predicted octanol–water partition coefficient (Wildman–Crippen LogP) is 3.36. The van der Waals surface area contributed by atoms with Crippen LogP contribution in [0.2, 0.25) is 0 Å². The molecule has 118 valence electrons. The van der Waals surface area contributed by atoms with Crippen LogP contribution in [0, 0.1) is 0 Å². The van der Waals surface area contributed by atoms with Crippen LogP contribution >= 0.6 is 0 Å². The number of sulfonamides is 1. The second-order valence-electron chi connectivity index (χ2n) is 5.05.